The molecule has 2 aromatic rings. The monoisotopic (exact) mass is 237 g/mol. The Morgan fingerprint density at radius 1 is 1.00 bits per heavy atom. The Labute approximate surface area is 96.5 Å². The fraction of sp³-hybridized carbons (Fsp3) is 0.0769. The summed E-state index contributed by atoms with van der Waals surface area (Å²) in [5.74, 6) is -0.229. The molecule has 0 unspecified atom stereocenters. The van der Waals surface area contributed by atoms with Crippen molar-refractivity contribution in [2.24, 2.45) is 0 Å². The van der Waals surface area contributed by atoms with Gasteiger partial charge in [0.2, 0.25) is 0 Å². The van der Waals surface area contributed by atoms with E-state index in [0.29, 0.717) is 5.56 Å². The molecule has 0 N–H and O–H groups in total. The molecule has 0 saturated carbocycles. The van der Waals surface area contributed by atoms with Crippen molar-refractivity contribution in [3.8, 4) is 16.9 Å². The van der Waals surface area contributed by atoms with Crippen LogP contribution in [0.2, 0.25) is 0 Å². The van der Waals surface area contributed by atoms with Crippen LogP contribution in [0.3, 0.4) is 0 Å². The maximum atomic E-state index is 12.0. The molecule has 4 heteroatoms. The van der Waals surface area contributed by atoms with Crippen LogP contribution in [0.25, 0.3) is 11.1 Å². The third-order valence-corrected chi connectivity index (χ3v) is 2.09. The van der Waals surface area contributed by atoms with Gasteiger partial charge in [0.25, 0.3) is 0 Å². The van der Waals surface area contributed by atoms with E-state index in [2.05, 4.69) is 10.8 Å². The Bertz CT molecular complexity index is 492. The summed E-state index contributed by atoms with van der Waals surface area (Å²) in [6.07, 6.45) is -4.67. The lowest BCUT2D eigenvalue weighted by atomic mass is 10.1. The van der Waals surface area contributed by atoms with Gasteiger partial charge in [0.05, 0.1) is 0 Å². The molecule has 0 aliphatic carbocycles. The van der Waals surface area contributed by atoms with Gasteiger partial charge in [-0.05, 0) is 29.3 Å². The summed E-state index contributed by atoms with van der Waals surface area (Å²) in [5, 5.41) is 0. The minimum Gasteiger partial charge on any atom is -0.406 e. The van der Waals surface area contributed by atoms with Gasteiger partial charge in [-0.25, -0.2) is 0 Å². The van der Waals surface area contributed by atoms with Crippen molar-refractivity contribution in [3.63, 3.8) is 0 Å². The van der Waals surface area contributed by atoms with E-state index in [-0.39, 0.29) is 5.75 Å². The van der Waals surface area contributed by atoms with Crippen molar-refractivity contribution in [3.05, 3.63) is 54.6 Å². The minimum atomic E-state index is -4.67. The summed E-state index contributed by atoms with van der Waals surface area (Å²) >= 11 is 0. The molecule has 0 aliphatic heterocycles. The van der Waals surface area contributed by atoms with Crippen LogP contribution in [-0.2, 0) is 0 Å². The van der Waals surface area contributed by atoms with Crippen LogP contribution in [0, 0.1) is 6.07 Å². The van der Waals surface area contributed by atoms with E-state index in [0.717, 1.165) is 5.56 Å². The maximum Gasteiger partial charge on any atom is 0.573 e. The molecule has 2 rings (SSSR count). The molecule has 17 heavy (non-hydrogen) atoms. The highest BCUT2D eigenvalue weighted by Crippen LogP contribution is 2.27. The number of benzene rings is 2. The zero-order chi connectivity index (χ0) is 12.3. The lowest BCUT2D eigenvalue weighted by Crippen LogP contribution is -2.17. The molecular weight excluding hydrogens is 229 g/mol. The molecule has 0 bridgehead atoms. The van der Waals surface area contributed by atoms with Crippen molar-refractivity contribution in [2.45, 2.75) is 6.36 Å². The number of halogens is 3. The molecule has 0 atom stereocenters. The molecule has 0 spiro atoms. The van der Waals surface area contributed by atoms with E-state index in [1.165, 1.54) is 18.2 Å². The van der Waals surface area contributed by atoms with E-state index in [1.54, 1.807) is 30.3 Å². The molecule has 0 fully saturated rings. The van der Waals surface area contributed by atoms with E-state index in [9.17, 15) is 13.2 Å². The van der Waals surface area contributed by atoms with Crippen molar-refractivity contribution >= 4 is 0 Å². The van der Waals surface area contributed by atoms with E-state index >= 15 is 0 Å². The van der Waals surface area contributed by atoms with Crippen LogP contribution in [0.15, 0.2) is 48.5 Å². The average molecular weight is 237 g/mol. The van der Waals surface area contributed by atoms with Crippen LogP contribution in [-0.4, -0.2) is 6.36 Å². The van der Waals surface area contributed by atoms with Gasteiger partial charge in [0.1, 0.15) is 5.75 Å². The summed E-state index contributed by atoms with van der Waals surface area (Å²) in [6, 6.07) is 15.8. The van der Waals surface area contributed by atoms with Crippen molar-refractivity contribution in [1.29, 1.82) is 0 Å². The number of hydrogen-bond donors (Lipinski definition) is 0. The van der Waals surface area contributed by atoms with E-state index in [1.807, 2.05) is 0 Å². The SMILES string of the molecule is FC(F)(F)Oc1cccc(-c2[c]cccc2)c1. The van der Waals surface area contributed by atoms with E-state index < -0.39 is 6.36 Å². The molecule has 1 radical (unpaired) electrons. The van der Waals surface area contributed by atoms with E-state index in [4.69, 9.17) is 0 Å². The van der Waals surface area contributed by atoms with Crippen LogP contribution >= 0.6 is 0 Å². The van der Waals surface area contributed by atoms with Gasteiger partial charge in [-0.1, -0.05) is 36.4 Å². The summed E-state index contributed by atoms with van der Waals surface area (Å²) < 4.78 is 40.0. The fourth-order valence-electron chi connectivity index (χ4n) is 1.43. The van der Waals surface area contributed by atoms with Crippen LogP contribution in [0.1, 0.15) is 0 Å². The fourth-order valence-corrected chi connectivity index (χ4v) is 1.43. The number of alkyl halides is 3. The number of rotatable bonds is 2. The highest BCUT2D eigenvalue weighted by molar-refractivity contribution is 5.64. The summed E-state index contributed by atoms with van der Waals surface area (Å²) in [4.78, 5) is 0. The molecule has 0 heterocycles. The predicted molar refractivity (Wildman–Crippen MR) is 57.4 cm³/mol. The van der Waals surface area contributed by atoms with Gasteiger partial charge in [-0.2, -0.15) is 0 Å². The molecule has 0 amide bonds. The summed E-state index contributed by atoms with van der Waals surface area (Å²) in [6.45, 7) is 0. The second kappa shape index (κ2) is 4.49. The van der Waals surface area contributed by atoms with Crippen molar-refractivity contribution < 1.29 is 17.9 Å². The summed E-state index contributed by atoms with van der Waals surface area (Å²) in [5.41, 5.74) is 1.35. The largest absolute Gasteiger partial charge is 0.573 e. The Morgan fingerprint density at radius 3 is 2.47 bits per heavy atom. The molecule has 1 nitrogen and oxygen atoms in total. The quantitative estimate of drug-likeness (QED) is 0.765. The first-order valence-corrected chi connectivity index (χ1v) is 4.87. The lowest BCUT2D eigenvalue weighted by Gasteiger charge is -2.09. The second-order valence-corrected chi connectivity index (χ2v) is 3.35. The highest BCUT2D eigenvalue weighted by Gasteiger charge is 2.31. The standard InChI is InChI=1S/C13H8F3O/c14-13(15,16)17-12-8-4-7-11(9-12)10-5-2-1-3-6-10/h1-5,7-9H. The topological polar surface area (TPSA) is 9.23 Å². The zero-order valence-corrected chi connectivity index (χ0v) is 8.66. The van der Waals surface area contributed by atoms with Gasteiger partial charge in [0.15, 0.2) is 0 Å². The first kappa shape index (κ1) is 11.5. The van der Waals surface area contributed by atoms with Gasteiger partial charge in [0, 0.05) is 0 Å². The first-order chi connectivity index (χ1) is 8.04. The zero-order valence-electron chi connectivity index (χ0n) is 8.66. The molecule has 87 valence electrons. The van der Waals surface area contributed by atoms with Crippen LogP contribution in [0.4, 0.5) is 13.2 Å². The summed E-state index contributed by atoms with van der Waals surface area (Å²) in [7, 11) is 0. The average Bonchev–Trinajstić information content (AvgIpc) is 2.28. The number of ether oxygens (including phenoxy) is 1. The molecule has 0 aliphatic rings. The van der Waals surface area contributed by atoms with Gasteiger partial charge in [-0.15, -0.1) is 13.2 Å². The lowest BCUT2D eigenvalue weighted by molar-refractivity contribution is -0.274. The highest BCUT2D eigenvalue weighted by atomic mass is 19.4. The van der Waals surface area contributed by atoms with Crippen molar-refractivity contribution in [1.82, 2.24) is 0 Å². The number of hydrogen-bond acceptors (Lipinski definition) is 1. The Balaban J connectivity index is 2.29. The smallest absolute Gasteiger partial charge is 0.406 e. The van der Waals surface area contributed by atoms with Gasteiger partial charge < -0.3 is 4.74 Å². The normalized spacial score (nSPS) is 11.2. The van der Waals surface area contributed by atoms with Gasteiger partial charge >= 0.3 is 6.36 Å². The molecule has 0 saturated heterocycles. The Kier molecular flexibility index (Phi) is 3.04. The van der Waals surface area contributed by atoms with Crippen molar-refractivity contribution in [2.75, 3.05) is 0 Å². The molecule has 2 aromatic carbocycles. The molecular formula is C13H8F3O. The third-order valence-electron chi connectivity index (χ3n) is 2.09. The van der Waals surface area contributed by atoms with Gasteiger partial charge in [-0.3, -0.25) is 0 Å². The second-order valence-electron chi connectivity index (χ2n) is 3.35. The maximum absolute atomic E-state index is 12.0. The minimum absolute atomic E-state index is 0.229. The van der Waals surface area contributed by atoms with Crippen LogP contribution < -0.4 is 4.74 Å². The third kappa shape index (κ3) is 3.24. The van der Waals surface area contributed by atoms with Crippen LogP contribution in [0.5, 0.6) is 5.75 Å². The molecule has 0 aromatic heterocycles. The first-order valence-electron chi connectivity index (χ1n) is 4.87. The Hall–Kier alpha value is -1.97. The Morgan fingerprint density at radius 2 is 1.82 bits per heavy atom. The predicted octanol–water partition coefficient (Wildman–Crippen LogP) is 4.05.